The van der Waals surface area contributed by atoms with Crippen molar-refractivity contribution in [3.63, 3.8) is 0 Å². The van der Waals surface area contributed by atoms with Gasteiger partial charge in [0.15, 0.2) is 11.2 Å². The largest absolute Gasteiger partial charge is 0.497 e. The molecule has 0 N–H and O–H groups in total. The fraction of sp³-hybridized carbons (Fsp3) is 0.143. The van der Waals surface area contributed by atoms with E-state index in [9.17, 15) is 4.79 Å². The van der Waals surface area contributed by atoms with Gasteiger partial charge in [-0.3, -0.25) is 9.20 Å². The van der Waals surface area contributed by atoms with Gasteiger partial charge in [0.05, 0.1) is 12.8 Å². The highest BCUT2D eigenvalue weighted by atomic mass is 32.1. The average molecular weight is 362 g/mol. The Morgan fingerprint density at radius 1 is 1.15 bits per heavy atom. The lowest BCUT2D eigenvalue weighted by atomic mass is 10.0. The Balaban J connectivity index is 1.96. The first-order chi connectivity index (χ1) is 12.6. The van der Waals surface area contributed by atoms with Crippen LogP contribution in [0, 0.1) is 13.8 Å². The van der Waals surface area contributed by atoms with Gasteiger partial charge >= 0.3 is 0 Å². The Morgan fingerprint density at radius 3 is 2.73 bits per heavy atom. The normalized spacial score (nSPS) is 11.0. The van der Waals surface area contributed by atoms with Crippen LogP contribution in [0.15, 0.2) is 47.8 Å². The number of carbonyl (C=O) groups is 1. The molecule has 2 aromatic heterocycles. The van der Waals surface area contributed by atoms with E-state index in [1.165, 1.54) is 16.9 Å². The Morgan fingerprint density at radius 2 is 2.00 bits per heavy atom. The molecule has 0 saturated carbocycles. The number of benzene rings is 2. The van der Waals surface area contributed by atoms with Crippen LogP contribution in [0.25, 0.3) is 27.5 Å². The number of hydrogen-bond acceptors (Lipinski definition) is 4. The van der Waals surface area contributed by atoms with Gasteiger partial charge in [0.25, 0.3) is 0 Å². The summed E-state index contributed by atoms with van der Waals surface area (Å²) in [5, 5.41) is 2.02. The lowest BCUT2D eigenvalue weighted by Gasteiger charge is -2.07. The van der Waals surface area contributed by atoms with Crippen LogP contribution in [-0.2, 0) is 0 Å². The number of rotatable bonds is 4. The van der Waals surface area contributed by atoms with Gasteiger partial charge in [-0.15, -0.1) is 11.3 Å². The summed E-state index contributed by atoms with van der Waals surface area (Å²) in [6.45, 7) is 4.11. The first-order valence-corrected chi connectivity index (χ1v) is 9.17. The van der Waals surface area contributed by atoms with Gasteiger partial charge in [0.2, 0.25) is 0 Å². The van der Waals surface area contributed by atoms with Crippen molar-refractivity contribution in [3.8, 4) is 28.3 Å². The molecule has 0 fully saturated rings. The van der Waals surface area contributed by atoms with Crippen LogP contribution in [0.1, 0.15) is 21.6 Å². The lowest BCUT2D eigenvalue weighted by Crippen LogP contribution is -1.95. The molecule has 0 bridgehead atoms. The molecule has 0 spiro atoms. The molecule has 130 valence electrons. The van der Waals surface area contributed by atoms with E-state index >= 15 is 0 Å². The van der Waals surface area contributed by atoms with Crippen molar-refractivity contribution in [3.05, 3.63) is 64.7 Å². The monoisotopic (exact) mass is 362 g/mol. The minimum atomic E-state index is 0.575. The summed E-state index contributed by atoms with van der Waals surface area (Å²) in [5.41, 5.74) is 6.53. The van der Waals surface area contributed by atoms with E-state index in [0.717, 1.165) is 45.1 Å². The highest BCUT2D eigenvalue weighted by Gasteiger charge is 2.19. The predicted octanol–water partition coefficient (Wildman–Crippen LogP) is 5.17. The number of methoxy groups -OCH3 is 1. The van der Waals surface area contributed by atoms with Gasteiger partial charge < -0.3 is 4.74 Å². The topological polar surface area (TPSA) is 43.6 Å². The second-order valence-corrected chi connectivity index (χ2v) is 7.09. The average Bonchev–Trinajstić information content (AvgIpc) is 3.20. The quantitative estimate of drug-likeness (QED) is 0.471. The van der Waals surface area contributed by atoms with Gasteiger partial charge in [0.1, 0.15) is 17.1 Å². The second kappa shape index (κ2) is 6.42. The molecule has 0 radical (unpaired) electrons. The number of carbonyl (C=O) groups excluding carboxylic acids is 1. The fourth-order valence-corrected chi connectivity index (χ4v) is 4.16. The molecule has 0 saturated heterocycles. The first kappa shape index (κ1) is 16.5. The molecule has 2 heterocycles. The van der Waals surface area contributed by atoms with Crippen molar-refractivity contribution in [2.24, 2.45) is 0 Å². The van der Waals surface area contributed by atoms with Crippen molar-refractivity contribution in [1.82, 2.24) is 9.38 Å². The summed E-state index contributed by atoms with van der Waals surface area (Å²) < 4.78 is 7.26. The Bertz CT molecular complexity index is 1120. The minimum Gasteiger partial charge on any atom is -0.497 e. The van der Waals surface area contributed by atoms with Crippen molar-refractivity contribution in [2.45, 2.75) is 13.8 Å². The molecular formula is C21H18N2O2S. The molecular weight excluding hydrogens is 344 g/mol. The van der Waals surface area contributed by atoms with Gasteiger partial charge in [-0.2, -0.15) is 0 Å². The molecule has 2 aromatic carbocycles. The van der Waals surface area contributed by atoms with Gasteiger partial charge in [-0.25, -0.2) is 4.98 Å². The van der Waals surface area contributed by atoms with E-state index in [1.807, 2.05) is 53.1 Å². The highest BCUT2D eigenvalue weighted by molar-refractivity contribution is 7.15. The summed E-state index contributed by atoms with van der Waals surface area (Å²) in [6.07, 6.45) is 0.894. The molecule has 4 rings (SSSR count). The zero-order chi connectivity index (χ0) is 18.3. The van der Waals surface area contributed by atoms with Crippen LogP contribution in [0.5, 0.6) is 5.75 Å². The maximum atomic E-state index is 12.0. The number of fused-ring (bicyclic) bond motifs is 1. The summed E-state index contributed by atoms with van der Waals surface area (Å²) in [6, 6.07) is 14.0. The minimum absolute atomic E-state index is 0.575. The van der Waals surface area contributed by atoms with E-state index < -0.39 is 0 Å². The van der Waals surface area contributed by atoms with E-state index in [-0.39, 0.29) is 0 Å². The van der Waals surface area contributed by atoms with E-state index in [4.69, 9.17) is 9.72 Å². The molecule has 0 aliphatic carbocycles. The van der Waals surface area contributed by atoms with Crippen molar-refractivity contribution >= 4 is 22.6 Å². The summed E-state index contributed by atoms with van der Waals surface area (Å²) in [7, 11) is 1.65. The molecule has 0 unspecified atom stereocenters. The lowest BCUT2D eigenvalue weighted by molar-refractivity contribution is 0.111. The van der Waals surface area contributed by atoms with Crippen LogP contribution in [0.3, 0.4) is 0 Å². The van der Waals surface area contributed by atoms with Gasteiger partial charge in [-0.05, 0) is 31.5 Å². The Hall–Kier alpha value is -2.92. The highest BCUT2D eigenvalue weighted by Crippen LogP contribution is 2.34. The van der Waals surface area contributed by atoms with Crippen LogP contribution >= 0.6 is 11.3 Å². The third kappa shape index (κ3) is 2.61. The van der Waals surface area contributed by atoms with Gasteiger partial charge in [0, 0.05) is 16.5 Å². The molecule has 0 aliphatic rings. The van der Waals surface area contributed by atoms with Gasteiger partial charge in [-0.1, -0.05) is 35.9 Å². The molecule has 4 nitrogen and oxygen atoms in total. The maximum absolute atomic E-state index is 12.0. The van der Waals surface area contributed by atoms with Crippen LogP contribution in [0.4, 0.5) is 0 Å². The standard InChI is InChI=1S/C21H18N2O2S/c1-13-7-8-17(14(2)9-13)20-18(11-24)23-19(12-26-21(23)22-20)15-5-4-6-16(10-15)25-3/h4-12H,1-3H3. The summed E-state index contributed by atoms with van der Waals surface area (Å²) in [4.78, 5) is 17.5. The smallest absolute Gasteiger partial charge is 0.195 e. The number of thiazole rings is 1. The molecule has 26 heavy (non-hydrogen) atoms. The zero-order valence-electron chi connectivity index (χ0n) is 14.8. The Kier molecular flexibility index (Phi) is 4.09. The second-order valence-electron chi connectivity index (χ2n) is 6.25. The van der Waals surface area contributed by atoms with E-state index in [0.29, 0.717) is 5.69 Å². The van der Waals surface area contributed by atoms with Crippen molar-refractivity contribution < 1.29 is 9.53 Å². The predicted molar refractivity (Wildman–Crippen MR) is 105 cm³/mol. The number of aromatic nitrogens is 2. The van der Waals surface area contributed by atoms with Crippen LogP contribution in [0.2, 0.25) is 0 Å². The number of hydrogen-bond donors (Lipinski definition) is 0. The fourth-order valence-electron chi connectivity index (χ4n) is 3.25. The third-order valence-electron chi connectivity index (χ3n) is 4.51. The third-order valence-corrected chi connectivity index (χ3v) is 5.34. The molecule has 0 amide bonds. The van der Waals surface area contributed by atoms with Crippen molar-refractivity contribution in [2.75, 3.05) is 7.11 Å². The molecule has 5 heteroatoms. The van der Waals surface area contributed by atoms with Crippen LogP contribution < -0.4 is 4.74 Å². The zero-order valence-corrected chi connectivity index (χ0v) is 15.6. The summed E-state index contributed by atoms with van der Waals surface area (Å²) in [5.74, 6) is 0.782. The first-order valence-electron chi connectivity index (χ1n) is 8.29. The molecule has 0 aliphatic heterocycles. The number of imidazole rings is 1. The number of nitrogens with zero attached hydrogens (tertiary/aromatic N) is 2. The Labute approximate surface area is 155 Å². The molecule has 0 atom stereocenters. The molecule has 4 aromatic rings. The number of aryl methyl sites for hydroxylation is 2. The number of aldehydes is 1. The van der Waals surface area contributed by atoms with E-state index in [1.54, 1.807) is 7.11 Å². The maximum Gasteiger partial charge on any atom is 0.195 e. The summed E-state index contributed by atoms with van der Waals surface area (Å²) >= 11 is 1.53. The number of ether oxygens (including phenoxy) is 1. The van der Waals surface area contributed by atoms with Crippen LogP contribution in [-0.4, -0.2) is 22.8 Å². The van der Waals surface area contributed by atoms with Crippen molar-refractivity contribution in [1.29, 1.82) is 0 Å². The van der Waals surface area contributed by atoms with E-state index in [2.05, 4.69) is 13.0 Å². The SMILES string of the molecule is COc1cccc(-c2csc3nc(-c4ccc(C)cc4C)c(C=O)n23)c1.